The van der Waals surface area contributed by atoms with E-state index in [2.05, 4.69) is 23.0 Å². The number of carbonyl (C=O) groups excluding carboxylic acids is 1. The van der Waals surface area contributed by atoms with Crippen LogP contribution in [0.25, 0.3) is 10.8 Å². The van der Waals surface area contributed by atoms with Crippen LogP contribution in [-0.2, 0) is 9.53 Å². The predicted molar refractivity (Wildman–Crippen MR) is 76.4 cm³/mol. The lowest BCUT2D eigenvalue weighted by Gasteiger charge is -2.10. The lowest BCUT2D eigenvalue weighted by atomic mass is 10.0. The zero-order valence-corrected chi connectivity index (χ0v) is 11.2. The van der Waals surface area contributed by atoms with Crippen molar-refractivity contribution in [2.45, 2.75) is 6.92 Å². The van der Waals surface area contributed by atoms with Gasteiger partial charge in [0.25, 0.3) is 0 Å². The van der Waals surface area contributed by atoms with Crippen LogP contribution in [0.3, 0.4) is 0 Å². The van der Waals surface area contributed by atoms with Crippen LogP contribution in [0.4, 0.5) is 5.69 Å². The lowest BCUT2D eigenvalue weighted by molar-refractivity contribution is -0.138. The number of halogens is 1. The maximum Gasteiger partial charge on any atom is 0.325 e. The third-order valence-electron chi connectivity index (χ3n) is 2.79. The van der Waals surface area contributed by atoms with Gasteiger partial charge in [0.1, 0.15) is 6.54 Å². The molecule has 0 unspecified atom stereocenters. The van der Waals surface area contributed by atoms with Crippen molar-refractivity contribution in [1.29, 1.82) is 0 Å². The Labute approximate surface area is 113 Å². The first kappa shape index (κ1) is 14.3. The minimum atomic E-state index is -0.269. The number of fused-ring (bicyclic) bond motifs is 1. The molecule has 96 valence electrons. The molecule has 0 fully saturated rings. The molecule has 0 spiro atoms. The van der Waals surface area contributed by atoms with Crippen molar-refractivity contribution < 1.29 is 9.53 Å². The smallest absolute Gasteiger partial charge is 0.325 e. The number of benzene rings is 2. The average Bonchev–Trinajstić information content (AvgIpc) is 2.38. The van der Waals surface area contributed by atoms with Crippen LogP contribution in [0, 0.1) is 6.92 Å². The number of carbonyl (C=O) groups is 1. The first-order chi connectivity index (χ1) is 8.22. The van der Waals surface area contributed by atoms with E-state index in [0.29, 0.717) is 0 Å². The van der Waals surface area contributed by atoms with Crippen LogP contribution in [0.2, 0.25) is 0 Å². The molecule has 0 aliphatic rings. The maximum atomic E-state index is 11.1. The number of aryl methyl sites for hydroxylation is 1. The van der Waals surface area contributed by atoms with Crippen molar-refractivity contribution in [2.75, 3.05) is 19.0 Å². The highest BCUT2D eigenvalue weighted by atomic mass is 35.5. The van der Waals surface area contributed by atoms with Crippen molar-refractivity contribution in [3.05, 3.63) is 42.0 Å². The zero-order valence-electron chi connectivity index (χ0n) is 10.4. The van der Waals surface area contributed by atoms with Gasteiger partial charge in [0.05, 0.1) is 7.11 Å². The number of rotatable bonds is 3. The van der Waals surface area contributed by atoms with Gasteiger partial charge in [-0.1, -0.05) is 30.3 Å². The van der Waals surface area contributed by atoms with E-state index in [1.54, 1.807) is 0 Å². The molecule has 0 aliphatic carbocycles. The van der Waals surface area contributed by atoms with Gasteiger partial charge in [0, 0.05) is 11.1 Å². The van der Waals surface area contributed by atoms with E-state index < -0.39 is 0 Å². The Morgan fingerprint density at radius 2 is 1.83 bits per heavy atom. The molecule has 1 N–H and O–H groups in total. The van der Waals surface area contributed by atoms with Crippen LogP contribution in [-0.4, -0.2) is 19.6 Å². The van der Waals surface area contributed by atoms with Gasteiger partial charge in [0.2, 0.25) is 0 Å². The second-order valence-electron chi connectivity index (χ2n) is 3.91. The highest BCUT2D eigenvalue weighted by molar-refractivity contribution is 5.96. The highest BCUT2D eigenvalue weighted by Crippen LogP contribution is 2.25. The van der Waals surface area contributed by atoms with Gasteiger partial charge in [-0.25, -0.2) is 0 Å². The van der Waals surface area contributed by atoms with Gasteiger partial charge in [-0.05, 0) is 23.9 Å². The normalized spacial score (nSPS) is 9.67. The van der Waals surface area contributed by atoms with Crippen LogP contribution in [0.1, 0.15) is 5.56 Å². The molecule has 2 aromatic carbocycles. The van der Waals surface area contributed by atoms with E-state index in [-0.39, 0.29) is 24.9 Å². The Morgan fingerprint density at radius 1 is 1.17 bits per heavy atom. The third kappa shape index (κ3) is 2.93. The number of esters is 1. The van der Waals surface area contributed by atoms with Crippen LogP contribution >= 0.6 is 12.4 Å². The molecule has 0 aromatic heterocycles. The second-order valence-corrected chi connectivity index (χ2v) is 3.91. The van der Waals surface area contributed by atoms with E-state index in [9.17, 15) is 4.79 Å². The molecule has 0 bridgehead atoms. The van der Waals surface area contributed by atoms with Crippen LogP contribution in [0.5, 0.6) is 0 Å². The highest BCUT2D eigenvalue weighted by Gasteiger charge is 2.04. The molecule has 2 rings (SSSR count). The summed E-state index contributed by atoms with van der Waals surface area (Å²) < 4.78 is 4.61. The average molecular weight is 266 g/mol. The number of hydrogen-bond acceptors (Lipinski definition) is 3. The van der Waals surface area contributed by atoms with E-state index in [1.807, 2.05) is 30.3 Å². The van der Waals surface area contributed by atoms with Crippen molar-refractivity contribution in [3.8, 4) is 0 Å². The Hall–Kier alpha value is -1.74. The van der Waals surface area contributed by atoms with Gasteiger partial charge in [0.15, 0.2) is 0 Å². The van der Waals surface area contributed by atoms with E-state index in [1.165, 1.54) is 18.1 Å². The summed E-state index contributed by atoms with van der Waals surface area (Å²) in [6.07, 6.45) is 0. The molecule has 0 heterocycles. The summed E-state index contributed by atoms with van der Waals surface area (Å²) in [5.74, 6) is -0.269. The van der Waals surface area contributed by atoms with E-state index in [4.69, 9.17) is 0 Å². The summed E-state index contributed by atoms with van der Waals surface area (Å²) in [6.45, 7) is 2.26. The molecule has 0 aliphatic heterocycles. The van der Waals surface area contributed by atoms with Gasteiger partial charge in [-0.2, -0.15) is 0 Å². The molecular weight excluding hydrogens is 250 g/mol. The van der Waals surface area contributed by atoms with Gasteiger partial charge < -0.3 is 10.1 Å². The largest absolute Gasteiger partial charge is 0.468 e. The van der Waals surface area contributed by atoms with Gasteiger partial charge in [-0.15, -0.1) is 12.4 Å². The van der Waals surface area contributed by atoms with Gasteiger partial charge >= 0.3 is 5.97 Å². The van der Waals surface area contributed by atoms with Crippen LogP contribution < -0.4 is 5.32 Å². The number of ether oxygens (including phenoxy) is 1. The van der Waals surface area contributed by atoms with Gasteiger partial charge in [-0.3, -0.25) is 4.79 Å². The molecule has 0 radical (unpaired) electrons. The Balaban J connectivity index is 0.00000162. The summed E-state index contributed by atoms with van der Waals surface area (Å²) in [5, 5.41) is 5.41. The Morgan fingerprint density at radius 3 is 2.50 bits per heavy atom. The monoisotopic (exact) mass is 265 g/mol. The van der Waals surface area contributed by atoms with Crippen molar-refractivity contribution in [2.24, 2.45) is 0 Å². The minimum Gasteiger partial charge on any atom is -0.468 e. The topological polar surface area (TPSA) is 38.3 Å². The summed E-state index contributed by atoms with van der Waals surface area (Å²) in [4.78, 5) is 11.1. The second kappa shape index (κ2) is 6.26. The molecule has 2 aromatic rings. The number of nitrogens with one attached hydrogen (secondary N) is 1. The summed E-state index contributed by atoms with van der Waals surface area (Å²) in [7, 11) is 1.39. The summed E-state index contributed by atoms with van der Waals surface area (Å²) in [6, 6.07) is 12.2. The molecule has 3 nitrogen and oxygen atoms in total. The third-order valence-corrected chi connectivity index (χ3v) is 2.79. The quantitative estimate of drug-likeness (QED) is 0.867. The molecule has 0 saturated heterocycles. The molecule has 4 heteroatoms. The Kier molecular flexibility index (Phi) is 4.98. The zero-order chi connectivity index (χ0) is 12.3. The number of methoxy groups -OCH3 is 1. The molecule has 18 heavy (non-hydrogen) atoms. The SMILES string of the molecule is COC(=O)CNc1ccc(C)c2ccccc12.Cl. The van der Waals surface area contributed by atoms with Crippen molar-refractivity contribution in [1.82, 2.24) is 0 Å². The Bertz CT molecular complexity index is 554. The number of anilines is 1. The van der Waals surface area contributed by atoms with E-state index >= 15 is 0 Å². The molecule has 0 amide bonds. The van der Waals surface area contributed by atoms with Crippen molar-refractivity contribution in [3.63, 3.8) is 0 Å². The standard InChI is InChI=1S/C14H15NO2.ClH/c1-10-7-8-13(15-9-14(16)17-2)12-6-4-3-5-11(10)12;/h3-8,15H,9H2,1-2H3;1H. The maximum absolute atomic E-state index is 11.1. The number of hydrogen-bond donors (Lipinski definition) is 1. The predicted octanol–water partition coefficient (Wildman–Crippen LogP) is 3.15. The lowest BCUT2D eigenvalue weighted by Crippen LogP contribution is -2.15. The first-order valence-corrected chi connectivity index (χ1v) is 5.51. The first-order valence-electron chi connectivity index (χ1n) is 5.51. The molecular formula is C14H16ClNO2. The van der Waals surface area contributed by atoms with E-state index in [0.717, 1.165) is 11.1 Å². The fourth-order valence-electron chi connectivity index (χ4n) is 1.84. The fourth-order valence-corrected chi connectivity index (χ4v) is 1.84. The minimum absolute atomic E-state index is 0. The fraction of sp³-hybridized carbons (Fsp3) is 0.214. The molecule has 0 atom stereocenters. The van der Waals surface area contributed by atoms with Crippen molar-refractivity contribution >= 4 is 34.8 Å². The summed E-state index contributed by atoms with van der Waals surface area (Å²) in [5.41, 5.74) is 2.18. The van der Waals surface area contributed by atoms with Crippen LogP contribution in [0.15, 0.2) is 36.4 Å². The molecule has 0 saturated carbocycles. The summed E-state index contributed by atoms with van der Waals surface area (Å²) >= 11 is 0.